The summed E-state index contributed by atoms with van der Waals surface area (Å²) in [6.45, 7) is 6.19. The van der Waals surface area contributed by atoms with Gasteiger partial charge in [-0.15, -0.1) is 0 Å². The number of halogens is 1. The van der Waals surface area contributed by atoms with E-state index < -0.39 is 0 Å². The smallest absolute Gasteiger partial charge is 0.276 e. The average molecular weight is 432 g/mol. The van der Waals surface area contributed by atoms with Crippen LogP contribution in [-0.4, -0.2) is 20.1 Å². The molecule has 0 radical (unpaired) electrons. The summed E-state index contributed by atoms with van der Waals surface area (Å²) in [5.74, 6) is -0.500. The summed E-state index contributed by atoms with van der Waals surface area (Å²) < 4.78 is 16.2. The SMILES string of the molecule is Cc1ccc(-c2cc3c(=O)n(CCC(=O)N[C@@H](C)c4ccc(F)cc4)ccn3n2)cc1C. The summed E-state index contributed by atoms with van der Waals surface area (Å²) in [5, 5.41) is 7.41. The number of rotatable bonds is 6. The number of nitrogens with one attached hydrogen (secondary N) is 1. The summed E-state index contributed by atoms with van der Waals surface area (Å²) in [6.07, 6.45) is 3.52. The molecule has 0 aliphatic carbocycles. The van der Waals surface area contributed by atoms with Gasteiger partial charge in [0.15, 0.2) is 0 Å². The van der Waals surface area contributed by atoms with Gasteiger partial charge in [-0.1, -0.05) is 24.3 Å². The Morgan fingerprint density at radius 3 is 2.53 bits per heavy atom. The lowest BCUT2D eigenvalue weighted by atomic mass is 10.0. The minimum atomic E-state index is -0.317. The fourth-order valence-corrected chi connectivity index (χ4v) is 3.61. The van der Waals surface area contributed by atoms with Crippen LogP contribution in [0.25, 0.3) is 16.8 Å². The van der Waals surface area contributed by atoms with Gasteiger partial charge < -0.3 is 9.88 Å². The second-order valence-corrected chi connectivity index (χ2v) is 8.05. The Kier molecular flexibility index (Phi) is 5.90. The number of hydrogen-bond acceptors (Lipinski definition) is 3. The second kappa shape index (κ2) is 8.78. The molecule has 164 valence electrons. The summed E-state index contributed by atoms with van der Waals surface area (Å²) in [6, 6.07) is 13.6. The highest BCUT2D eigenvalue weighted by Gasteiger charge is 2.13. The maximum Gasteiger partial charge on any atom is 0.276 e. The second-order valence-electron chi connectivity index (χ2n) is 8.05. The van der Waals surface area contributed by atoms with Crippen LogP contribution in [-0.2, 0) is 11.3 Å². The molecule has 1 amide bonds. The Morgan fingerprint density at radius 2 is 1.81 bits per heavy atom. The molecule has 0 spiro atoms. The number of carbonyl (C=O) groups excluding carboxylic acids is 1. The lowest BCUT2D eigenvalue weighted by molar-refractivity contribution is -0.121. The van der Waals surface area contributed by atoms with Gasteiger partial charge in [0.05, 0.1) is 11.7 Å². The van der Waals surface area contributed by atoms with Crippen LogP contribution in [0.1, 0.15) is 36.1 Å². The van der Waals surface area contributed by atoms with Crippen molar-refractivity contribution in [3.05, 3.63) is 93.8 Å². The van der Waals surface area contributed by atoms with Crippen molar-refractivity contribution < 1.29 is 9.18 Å². The maximum atomic E-state index is 13.1. The normalized spacial score (nSPS) is 12.1. The zero-order chi connectivity index (χ0) is 22.8. The zero-order valence-electron chi connectivity index (χ0n) is 18.3. The van der Waals surface area contributed by atoms with Crippen molar-refractivity contribution in [2.24, 2.45) is 0 Å². The van der Waals surface area contributed by atoms with Crippen molar-refractivity contribution in [2.75, 3.05) is 0 Å². The Bertz CT molecular complexity index is 1340. The van der Waals surface area contributed by atoms with Crippen LogP contribution in [0.5, 0.6) is 0 Å². The Hall–Kier alpha value is -3.74. The lowest BCUT2D eigenvalue weighted by Gasteiger charge is -2.14. The van der Waals surface area contributed by atoms with E-state index in [0.29, 0.717) is 5.52 Å². The number of nitrogens with zero attached hydrogens (tertiary/aromatic N) is 3. The number of carbonyl (C=O) groups is 1. The highest BCUT2D eigenvalue weighted by Crippen LogP contribution is 2.21. The van der Waals surface area contributed by atoms with Crippen LogP contribution in [0.15, 0.2) is 65.7 Å². The summed E-state index contributed by atoms with van der Waals surface area (Å²) in [7, 11) is 0. The number of aromatic nitrogens is 3. The highest BCUT2D eigenvalue weighted by atomic mass is 19.1. The minimum Gasteiger partial charge on any atom is -0.350 e. The molecule has 1 atom stereocenters. The van der Waals surface area contributed by atoms with Crippen molar-refractivity contribution in [2.45, 2.75) is 39.8 Å². The molecule has 0 aliphatic rings. The molecule has 0 unspecified atom stereocenters. The third-order valence-electron chi connectivity index (χ3n) is 5.73. The molecule has 7 heteroatoms. The van der Waals surface area contributed by atoms with Crippen molar-refractivity contribution >= 4 is 11.4 Å². The van der Waals surface area contributed by atoms with E-state index in [0.717, 1.165) is 22.4 Å². The Morgan fingerprint density at radius 1 is 1.06 bits per heavy atom. The third-order valence-corrected chi connectivity index (χ3v) is 5.73. The Balaban J connectivity index is 1.47. The minimum absolute atomic E-state index is 0.153. The largest absolute Gasteiger partial charge is 0.350 e. The van der Waals surface area contributed by atoms with E-state index in [2.05, 4.69) is 23.4 Å². The number of hydrogen-bond donors (Lipinski definition) is 1. The summed E-state index contributed by atoms with van der Waals surface area (Å²) in [4.78, 5) is 25.3. The lowest BCUT2D eigenvalue weighted by Crippen LogP contribution is -2.29. The predicted octanol–water partition coefficient (Wildman–Crippen LogP) is 4.19. The quantitative estimate of drug-likeness (QED) is 0.497. The average Bonchev–Trinajstić information content (AvgIpc) is 3.21. The van der Waals surface area contributed by atoms with E-state index in [-0.39, 0.29) is 36.3 Å². The molecule has 32 heavy (non-hydrogen) atoms. The molecule has 4 rings (SSSR count). The molecule has 2 aromatic heterocycles. The molecule has 0 saturated heterocycles. The van der Waals surface area contributed by atoms with E-state index >= 15 is 0 Å². The first kappa shape index (κ1) is 21.5. The molecule has 6 nitrogen and oxygen atoms in total. The van der Waals surface area contributed by atoms with Crippen LogP contribution in [0, 0.1) is 19.7 Å². The van der Waals surface area contributed by atoms with Crippen LogP contribution in [0.2, 0.25) is 0 Å². The van der Waals surface area contributed by atoms with Gasteiger partial charge in [-0.2, -0.15) is 5.10 Å². The van der Waals surface area contributed by atoms with Gasteiger partial charge in [0.25, 0.3) is 5.56 Å². The first-order valence-electron chi connectivity index (χ1n) is 10.5. The topological polar surface area (TPSA) is 68.4 Å². The molecular weight excluding hydrogens is 407 g/mol. The fraction of sp³-hybridized carbons (Fsp3) is 0.240. The number of fused-ring (bicyclic) bond motifs is 1. The van der Waals surface area contributed by atoms with E-state index in [1.807, 2.05) is 26.0 Å². The van der Waals surface area contributed by atoms with E-state index in [1.165, 1.54) is 22.3 Å². The maximum absolute atomic E-state index is 13.1. The molecule has 1 N–H and O–H groups in total. The van der Waals surface area contributed by atoms with E-state index in [9.17, 15) is 14.0 Å². The van der Waals surface area contributed by atoms with Gasteiger partial charge >= 0.3 is 0 Å². The molecule has 0 saturated carbocycles. The number of benzene rings is 2. The van der Waals surface area contributed by atoms with Crippen LogP contribution >= 0.6 is 0 Å². The summed E-state index contributed by atoms with van der Waals surface area (Å²) >= 11 is 0. The number of amides is 1. The van der Waals surface area contributed by atoms with Crippen LogP contribution in [0.3, 0.4) is 0 Å². The standard InChI is InChI=1S/C25H25FN4O2/c1-16-4-5-20(14-17(16)2)22-15-23-25(32)29(12-13-30(23)28-22)11-10-24(31)27-18(3)19-6-8-21(26)9-7-19/h4-9,12-15,18H,10-11H2,1-3H3,(H,27,31)/t18-/m0/s1. The van der Waals surface area contributed by atoms with E-state index in [4.69, 9.17) is 0 Å². The van der Waals surface area contributed by atoms with Gasteiger partial charge in [-0.25, -0.2) is 8.91 Å². The molecular formula is C25H25FN4O2. The van der Waals surface area contributed by atoms with Crippen LogP contribution in [0.4, 0.5) is 4.39 Å². The van der Waals surface area contributed by atoms with Crippen molar-refractivity contribution in [3.8, 4) is 11.3 Å². The van der Waals surface area contributed by atoms with Gasteiger partial charge in [0.1, 0.15) is 11.3 Å². The summed E-state index contributed by atoms with van der Waals surface area (Å²) in [5.41, 5.74) is 5.13. The van der Waals surface area contributed by atoms with Crippen molar-refractivity contribution in [3.63, 3.8) is 0 Å². The van der Waals surface area contributed by atoms with Crippen LogP contribution < -0.4 is 10.9 Å². The third kappa shape index (κ3) is 4.46. The van der Waals surface area contributed by atoms with Gasteiger partial charge in [-0.3, -0.25) is 9.59 Å². The van der Waals surface area contributed by atoms with Crippen molar-refractivity contribution in [1.82, 2.24) is 19.5 Å². The predicted molar refractivity (Wildman–Crippen MR) is 122 cm³/mol. The zero-order valence-corrected chi connectivity index (χ0v) is 18.3. The molecule has 2 aromatic carbocycles. The fourth-order valence-electron chi connectivity index (χ4n) is 3.61. The number of aryl methyl sites for hydroxylation is 3. The first-order chi connectivity index (χ1) is 15.3. The van der Waals surface area contributed by atoms with Gasteiger partial charge in [0, 0.05) is 30.9 Å². The molecule has 2 heterocycles. The van der Waals surface area contributed by atoms with Crippen molar-refractivity contribution in [1.29, 1.82) is 0 Å². The van der Waals surface area contributed by atoms with E-state index in [1.54, 1.807) is 35.1 Å². The molecule has 4 aromatic rings. The van der Waals surface area contributed by atoms with Gasteiger partial charge in [0.2, 0.25) is 5.91 Å². The molecule has 0 aliphatic heterocycles. The molecule has 0 fully saturated rings. The van der Waals surface area contributed by atoms with Gasteiger partial charge in [-0.05, 0) is 61.7 Å². The first-order valence-corrected chi connectivity index (χ1v) is 10.5. The monoisotopic (exact) mass is 432 g/mol. The Labute approximate surface area is 185 Å². The highest BCUT2D eigenvalue weighted by molar-refractivity contribution is 5.76. The molecule has 0 bridgehead atoms.